The molecule has 0 bridgehead atoms. The molecule has 26 heavy (non-hydrogen) atoms. The lowest BCUT2D eigenvalue weighted by atomic mass is 10.2. The molecule has 7 nitrogen and oxygen atoms in total. The molecule has 0 atom stereocenters. The highest BCUT2D eigenvalue weighted by Gasteiger charge is 2.11. The first-order valence-corrected chi connectivity index (χ1v) is 8.79. The van der Waals surface area contributed by atoms with Crippen molar-refractivity contribution in [2.45, 2.75) is 27.3 Å². The molecule has 3 heterocycles. The minimum Gasteiger partial charge on any atom is -0.368 e. The number of nitrogens with zero attached hydrogens (tertiary/aromatic N) is 4. The molecule has 1 amide bonds. The van der Waals surface area contributed by atoms with Crippen LogP contribution in [0.5, 0.6) is 0 Å². The molecule has 0 aliphatic heterocycles. The number of aromatic nitrogens is 4. The van der Waals surface area contributed by atoms with E-state index in [4.69, 9.17) is 0 Å². The second-order valence-electron chi connectivity index (χ2n) is 6.71. The molecule has 0 radical (unpaired) electrons. The average Bonchev–Trinajstić information content (AvgIpc) is 3.01. The summed E-state index contributed by atoms with van der Waals surface area (Å²) >= 11 is 0. The molecule has 0 aromatic carbocycles. The smallest absolute Gasteiger partial charge is 0.252 e. The Bertz CT molecular complexity index is 902. The molecule has 0 unspecified atom stereocenters. The van der Waals surface area contributed by atoms with E-state index in [-0.39, 0.29) is 5.91 Å². The quantitative estimate of drug-likeness (QED) is 0.639. The molecule has 0 spiro atoms. The maximum absolute atomic E-state index is 12.3. The number of anilines is 1. The Morgan fingerprint density at radius 2 is 2.08 bits per heavy atom. The summed E-state index contributed by atoms with van der Waals surface area (Å²) in [5.41, 5.74) is 3.13. The van der Waals surface area contributed by atoms with Gasteiger partial charge in [-0.25, -0.2) is 15.0 Å². The summed E-state index contributed by atoms with van der Waals surface area (Å²) in [5, 5.41) is 6.10. The standard InChI is InChI=1S/C19H24N6O/c1-13(2)11-25-12-24-16-9-15(10-23-18(16)25)19(26)22-8-7-21-17-14(3)5-4-6-20-17/h4-6,9-10,12-13H,7-8,11H2,1-3H3,(H,20,21)(H,22,26). The number of carbonyl (C=O) groups excluding carboxylic acids is 1. The second-order valence-corrected chi connectivity index (χ2v) is 6.71. The van der Waals surface area contributed by atoms with E-state index in [1.54, 1.807) is 24.8 Å². The van der Waals surface area contributed by atoms with Crippen LogP contribution in [0.25, 0.3) is 11.2 Å². The van der Waals surface area contributed by atoms with Gasteiger partial charge in [-0.2, -0.15) is 0 Å². The third kappa shape index (κ3) is 4.17. The van der Waals surface area contributed by atoms with Gasteiger partial charge in [0.15, 0.2) is 5.65 Å². The van der Waals surface area contributed by atoms with E-state index in [1.165, 1.54) is 0 Å². The third-order valence-corrected chi connectivity index (χ3v) is 3.99. The summed E-state index contributed by atoms with van der Waals surface area (Å²) in [7, 11) is 0. The maximum Gasteiger partial charge on any atom is 0.252 e. The number of pyridine rings is 2. The topological polar surface area (TPSA) is 84.7 Å². The molecule has 0 aliphatic rings. The summed E-state index contributed by atoms with van der Waals surface area (Å²) in [4.78, 5) is 25.4. The highest BCUT2D eigenvalue weighted by Crippen LogP contribution is 2.13. The number of hydrogen-bond acceptors (Lipinski definition) is 5. The van der Waals surface area contributed by atoms with Gasteiger partial charge < -0.3 is 15.2 Å². The van der Waals surface area contributed by atoms with Crippen LogP contribution >= 0.6 is 0 Å². The molecule has 3 rings (SSSR count). The van der Waals surface area contributed by atoms with Gasteiger partial charge in [0, 0.05) is 32.0 Å². The largest absolute Gasteiger partial charge is 0.368 e. The van der Waals surface area contributed by atoms with Gasteiger partial charge in [-0.05, 0) is 30.5 Å². The SMILES string of the molecule is Cc1cccnc1NCCNC(=O)c1cnc2c(c1)ncn2CC(C)C. The first-order chi connectivity index (χ1) is 12.5. The van der Waals surface area contributed by atoms with E-state index in [0.717, 1.165) is 29.1 Å². The predicted octanol–water partition coefficient (Wildman–Crippen LogP) is 2.63. The van der Waals surface area contributed by atoms with E-state index in [9.17, 15) is 4.79 Å². The molecular formula is C19H24N6O. The van der Waals surface area contributed by atoms with Gasteiger partial charge in [0.25, 0.3) is 5.91 Å². The van der Waals surface area contributed by atoms with E-state index in [0.29, 0.717) is 24.6 Å². The van der Waals surface area contributed by atoms with Crippen molar-refractivity contribution in [3.8, 4) is 0 Å². The number of hydrogen-bond donors (Lipinski definition) is 2. The van der Waals surface area contributed by atoms with Crippen molar-refractivity contribution >= 4 is 22.9 Å². The number of rotatable bonds is 7. The fourth-order valence-electron chi connectivity index (χ4n) is 2.73. The third-order valence-electron chi connectivity index (χ3n) is 3.99. The van der Waals surface area contributed by atoms with Crippen LogP contribution in [0.4, 0.5) is 5.82 Å². The Morgan fingerprint density at radius 3 is 2.85 bits per heavy atom. The molecule has 7 heteroatoms. The van der Waals surface area contributed by atoms with Crippen LogP contribution in [-0.2, 0) is 6.54 Å². The molecule has 0 saturated carbocycles. The molecule has 0 saturated heterocycles. The van der Waals surface area contributed by atoms with Crippen LogP contribution in [0.2, 0.25) is 0 Å². The van der Waals surface area contributed by atoms with Gasteiger partial charge in [-0.3, -0.25) is 4.79 Å². The van der Waals surface area contributed by atoms with Crippen LogP contribution in [0.3, 0.4) is 0 Å². The van der Waals surface area contributed by atoms with E-state index < -0.39 is 0 Å². The van der Waals surface area contributed by atoms with Crippen LogP contribution in [0, 0.1) is 12.8 Å². The molecule has 2 N–H and O–H groups in total. The summed E-state index contributed by atoms with van der Waals surface area (Å²) in [6.07, 6.45) is 5.12. The van der Waals surface area contributed by atoms with Gasteiger partial charge >= 0.3 is 0 Å². The summed E-state index contributed by atoms with van der Waals surface area (Å²) in [6.45, 7) is 8.24. The van der Waals surface area contributed by atoms with Crippen molar-refractivity contribution in [2.24, 2.45) is 5.92 Å². The van der Waals surface area contributed by atoms with Crippen molar-refractivity contribution in [2.75, 3.05) is 18.4 Å². The van der Waals surface area contributed by atoms with Gasteiger partial charge in [0.2, 0.25) is 0 Å². The maximum atomic E-state index is 12.3. The fraction of sp³-hybridized carbons (Fsp3) is 0.368. The summed E-state index contributed by atoms with van der Waals surface area (Å²) in [6, 6.07) is 5.67. The number of aryl methyl sites for hydroxylation is 1. The predicted molar refractivity (Wildman–Crippen MR) is 102 cm³/mol. The van der Waals surface area contributed by atoms with Crippen LogP contribution in [0.15, 0.2) is 36.9 Å². The Labute approximate surface area is 152 Å². The van der Waals surface area contributed by atoms with E-state index in [2.05, 4.69) is 39.4 Å². The van der Waals surface area contributed by atoms with E-state index in [1.807, 2.05) is 23.6 Å². The summed E-state index contributed by atoms with van der Waals surface area (Å²) < 4.78 is 2.01. The van der Waals surface area contributed by atoms with Crippen LogP contribution in [0.1, 0.15) is 29.8 Å². The van der Waals surface area contributed by atoms with Gasteiger partial charge in [-0.1, -0.05) is 19.9 Å². The lowest BCUT2D eigenvalue weighted by Gasteiger charge is -2.09. The number of carbonyl (C=O) groups is 1. The highest BCUT2D eigenvalue weighted by atomic mass is 16.1. The second kappa shape index (κ2) is 7.95. The first kappa shape index (κ1) is 17.8. The normalized spacial score (nSPS) is 11.1. The zero-order chi connectivity index (χ0) is 18.5. The van der Waals surface area contributed by atoms with Gasteiger partial charge in [-0.15, -0.1) is 0 Å². The molecule has 0 aliphatic carbocycles. The average molecular weight is 352 g/mol. The Morgan fingerprint density at radius 1 is 1.23 bits per heavy atom. The van der Waals surface area contributed by atoms with Crippen molar-refractivity contribution in [1.82, 2.24) is 24.8 Å². The fourth-order valence-corrected chi connectivity index (χ4v) is 2.73. The Balaban J connectivity index is 1.57. The van der Waals surface area contributed by atoms with Crippen LogP contribution < -0.4 is 10.6 Å². The first-order valence-electron chi connectivity index (χ1n) is 8.79. The van der Waals surface area contributed by atoms with Crippen molar-refractivity contribution in [3.63, 3.8) is 0 Å². The lowest BCUT2D eigenvalue weighted by molar-refractivity contribution is 0.0955. The van der Waals surface area contributed by atoms with Crippen molar-refractivity contribution in [1.29, 1.82) is 0 Å². The number of imidazole rings is 1. The molecular weight excluding hydrogens is 328 g/mol. The number of fused-ring (bicyclic) bond motifs is 1. The van der Waals surface area contributed by atoms with Crippen LogP contribution in [-0.4, -0.2) is 38.5 Å². The lowest BCUT2D eigenvalue weighted by Crippen LogP contribution is -2.29. The zero-order valence-electron chi connectivity index (χ0n) is 15.4. The summed E-state index contributed by atoms with van der Waals surface area (Å²) in [5.74, 6) is 1.19. The molecule has 3 aromatic heterocycles. The van der Waals surface area contributed by atoms with Gasteiger partial charge in [0.1, 0.15) is 11.3 Å². The Hall–Kier alpha value is -2.96. The van der Waals surface area contributed by atoms with Crippen molar-refractivity contribution < 1.29 is 4.79 Å². The zero-order valence-corrected chi connectivity index (χ0v) is 15.4. The minimum atomic E-state index is -0.155. The van der Waals surface area contributed by atoms with Gasteiger partial charge in [0.05, 0.1) is 11.9 Å². The monoisotopic (exact) mass is 352 g/mol. The van der Waals surface area contributed by atoms with E-state index >= 15 is 0 Å². The molecule has 3 aromatic rings. The highest BCUT2D eigenvalue weighted by molar-refractivity contribution is 5.96. The Kier molecular flexibility index (Phi) is 5.46. The van der Waals surface area contributed by atoms with Crippen molar-refractivity contribution in [3.05, 3.63) is 48.0 Å². The number of nitrogens with one attached hydrogen (secondary N) is 2. The number of amides is 1. The molecule has 0 fully saturated rings. The minimum absolute atomic E-state index is 0.155. The molecule has 136 valence electrons.